The van der Waals surface area contributed by atoms with Crippen LogP contribution in [0.3, 0.4) is 0 Å². The highest BCUT2D eigenvalue weighted by Gasteiger charge is 2.22. The third kappa shape index (κ3) is 5.58. The fourth-order valence-electron chi connectivity index (χ4n) is 3.02. The van der Waals surface area contributed by atoms with E-state index >= 15 is 0 Å². The molecule has 31 heavy (non-hydrogen) atoms. The van der Waals surface area contributed by atoms with Crippen molar-refractivity contribution in [3.63, 3.8) is 0 Å². The van der Waals surface area contributed by atoms with Gasteiger partial charge in [0.1, 0.15) is 5.82 Å². The Labute approximate surface area is 185 Å². The van der Waals surface area contributed by atoms with Crippen molar-refractivity contribution < 1.29 is 14.0 Å². The largest absolute Gasteiger partial charge is 0.325 e. The minimum absolute atomic E-state index is 0.0685. The van der Waals surface area contributed by atoms with Gasteiger partial charge in [-0.3, -0.25) is 9.59 Å². The van der Waals surface area contributed by atoms with Crippen molar-refractivity contribution in [2.24, 2.45) is 5.92 Å². The van der Waals surface area contributed by atoms with Gasteiger partial charge in [-0.25, -0.2) is 4.39 Å². The van der Waals surface area contributed by atoms with Crippen LogP contribution in [0.2, 0.25) is 0 Å². The van der Waals surface area contributed by atoms with Gasteiger partial charge in [-0.1, -0.05) is 49.9 Å². The number of hydrogen-bond acceptors (Lipinski definition) is 5. The van der Waals surface area contributed by atoms with Gasteiger partial charge in [0.2, 0.25) is 5.91 Å². The van der Waals surface area contributed by atoms with Crippen LogP contribution in [-0.4, -0.2) is 31.7 Å². The van der Waals surface area contributed by atoms with E-state index in [-0.39, 0.29) is 23.4 Å². The van der Waals surface area contributed by atoms with Crippen molar-refractivity contribution in [3.05, 3.63) is 59.9 Å². The van der Waals surface area contributed by atoms with Crippen LogP contribution in [0.25, 0.3) is 11.4 Å². The van der Waals surface area contributed by atoms with Crippen LogP contribution in [0, 0.1) is 11.7 Å². The molecule has 0 radical (unpaired) electrons. The number of hydrogen-bond donors (Lipinski definition) is 1. The first-order chi connectivity index (χ1) is 14.8. The van der Waals surface area contributed by atoms with Crippen LogP contribution in [0.15, 0.2) is 53.7 Å². The SMILES string of the molecule is CC(=O)c1cccc(NC(=O)C(C)Sc2nnc(-c3ccccc3F)n2CC(C)C)c1. The number of Topliss-reactive ketones (excluding diaryl/α,β-unsaturated/α-hetero) is 1. The summed E-state index contributed by atoms with van der Waals surface area (Å²) in [5.41, 5.74) is 1.46. The van der Waals surface area contributed by atoms with E-state index < -0.39 is 5.25 Å². The van der Waals surface area contributed by atoms with Crippen molar-refractivity contribution in [1.82, 2.24) is 14.8 Å². The molecule has 1 unspecified atom stereocenters. The first kappa shape index (κ1) is 22.7. The number of nitrogens with zero attached hydrogens (tertiary/aromatic N) is 3. The molecule has 0 aliphatic carbocycles. The third-order valence-electron chi connectivity index (χ3n) is 4.57. The molecule has 0 bridgehead atoms. The maximum Gasteiger partial charge on any atom is 0.237 e. The Kier molecular flexibility index (Phi) is 7.22. The van der Waals surface area contributed by atoms with E-state index in [2.05, 4.69) is 29.4 Å². The summed E-state index contributed by atoms with van der Waals surface area (Å²) in [7, 11) is 0. The molecule has 1 N–H and O–H groups in total. The van der Waals surface area contributed by atoms with Gasteiger partial charge in [0.15, 0.2) is 16.8 Å². The lowest BCUT2D eigenvalue weighted by Crippen LogP contribution is -2.23. The molecule has 0 aliphatic rings. The molecular formula is C23H25FN4O2S. The minimum Gasteiger partial charge on any atom is -0.325 e. The van der Waals surface area contributed by atoms with Gasteiger partial charge < -0.3 is 9.88 Å². The van der Waals surface area contributed by atoms with Crippen LogP contribution in [0.1, 0.15) is 38.1 Å². The number of benzene rings is 2. The van der Waals surface area contributed by atoms with Crippen molar-refractivity contribution in [1.29, 1.82) is 0 Å². The summed E-state index contributed by atoms with van der Waals surface area (Å²) in [5, 5.41) is 11.4. The second kappa shape index (κ2) is 9.87. The predicted octanol–water partition coefficient (Wildman–Crippen LogP) is 5.06. The zero-order valence-electron chi connectivity index (χ0n) is 17.9. The Bertz CT molecular complexity index is 1100. The quantitative estimate of drug-likeness (QED) is 0.391. The van der Waals surface area contributed by atoms with Crippen molar-refractivity contribution in [2.45, 2.75) is 44.6 Å². The summed E-state index contributed by atoms with van der Waals surface area (Å²) >= 11 is 1.26. The molecule has 1 amide bonds. The minimum atomic E-state index is -0.482. The van der Waals surface area contributed by atoms with E-state index in [4.69, 9.17) is 0 Å². The van der Waals surface area contributed by atoms with E-state index in [0.717, 1.165) is 0 Å². The number of anilines is 1. The van der Waals surface area contributed by atoms with Crippen LogP contribution in [-0.2, 0) is 11.3 Å². The highest BCUT2D eigenvalue weighted by Crippen LogP contribution is 2.29. The number of amides is 1. The Morgan fingerprint density at radius 1 is 1.10 bits per heavy atom. The molecule has 1 heterocycles. The predicted molar refractivity (Wildman–Crippen MR) is 121 cm³/mol. The average Bonchev–Trinajstić information content (AvgIpc) is 3.09. The molecule has 2 aromatic carbocycles. The molecule has 0 aliphatic heterocycles. The summed E-state index contributed by atoms with van der Waals surface area (Å²) in [6.07, 6.45) is 0. The number of aromatic nitrogens is 3. The van der Waals surface area contributed by atoms with Crippen LogP contribution >= 0.6 is 11.8 Å². The summed E-state index contributed by atoms with van der Waals surface area (Å²) in [4.78, 5) is 24.3. The van der Waals surface area contributed by atoms with Crippen LogP contribution < -0.4 is 5.32 Å². The van der Waals surface area contributed by atoms with Gasteiger partial charge in [-0.2, -0.15) is 0 Å². The first-order valence-corrected chi connectivity index (χ1v) is 10.9. The number of carbonyl (C=O) groups is 2. The lowest BCUT2D eigenvalue weighted by molar-refractivity contribution is -0.115. The van der Waals surface area contributed by atoms with Gasteiger partial charge in [0, 0.05) is 17.8 Å². The second-order valence-electron chi connectivity index (χ2n) is 7.68. The molecule has 8 heteroatoms. The van der Waals surface area contributed by atoms with Crippen molar-refractivity contribution >= 4 is 29.1 Å². The van der Waals surface area contributed by atoms with Gasteiger partial charge in [0.05, 0.1) is 10.8 Å². The topological polar surface area (TPSA) is 76.9 Å². The Balaban J connectivity index is 1.81. The van der Waals surface area contributed by atoms with E-state index in [9.17, 15) is 14.0 Å². The summed E-state index contributed by atoms with van der Waals surface area (Å²) in [5.74, 6) is 0.0567. The Morgan fingerprint density at radius 3 is 2.52 bits per heavy atom. The fraction of sp³-hybridized carbons (Fsp3) is 0.304. The molecule has 0 fully saturated rings. The van der Waals surface area contributed by atoms with Gasteiger partial charge in [0.25, 0.3) is 0 Å². The number of thioether (sulfide) groups is 1. The highest BCUT2D eigenvalue weighted by atomic mass is 32.2. The lowest BCUT2D eigenvalue weighted by atomic mass is 10.1. The Morgan fingerprint density at radius 2 is 1.84 bits per heavy atom. The molecule has 1 atom stereocenters. The highest BCUT2D eigenvalue weighted by molar-refractivity contribution is 8.00. The van der Waals surface area contributed by atoms with Crippen LogP contribution in [0.5, 0.6) is 0 Å². The number of carbonyl (C=O) groups excluding carboxylic acids is 2. The number of rotatable bonds is 8. The second-order valence-corrected chi connectivity index (χ2v) is 8.98. The molecule has 3 rings (SSSR count). The maximum atomic E-state index is 14.3. The van der Waals surface area contributed by atoms with Gasteiger partial charge in [-0.15, -0.1) is 10.2 Å². The fourth-order valence-corrected chi connectivity index (χ4v) is 3.88. The lowest BCUT2D eigenvalue weighted by Gasteiger charge is -2.15. The van der Waals surface area contributed by atoms with Gasteiger partial charge >= 0.3 is 0 Å². The van der Waals surface area contributed by atoms with Gasteiger partial charge in [-0.05, 0) is 44.0 Å². The molecule has 0 saturated carbocycles. The smallest absolute Gasteiger partial charge is 0.237 e. The molecule has 3 aromatic rings. The van der Waals surface area contributed by atoms with E-state index in [1.165, 1.54) is 24.8 Å². The third-order valence-corrected chi connectivity index (χ3v) is 5.65. The molecule has 1 aromatic heterocycles. The molecule has 162 valence electrons. The van der Waals surface area contributed by atoms with E-state index in [1.54, 1.807) is 49.4 Å². The summed E-state index contributed by atoms with van der Waals surface area (Å²) < 4.78 is 16.2. The number of ketones is 1. The van der Waals surface area contributed by atoms with E-state index in [1.807, 2.05) is 4.57 Å². The zero-order chi connectivity index (χ0) is 22.5. The van der Waals surface area contributed by atoms with Crippen LogP contribution in [0.4, 0.5) is 10.1 Å². The van der Waals surface area contributed by atoms with Crippen molar-refractivity contribution in [3.8, 4) is 11.4 Å². The maximum absolute atomic E-state index is 14.3. The summed E-state index contributed by atoms with van der Waals surface area (Å²) in [6, 6.07) is 13.3. The van der Waals surface area contributed by atoms with E-state index in [0.29, 0.717) is 34.3 Å². The zero-order valence-corrected chi connectivity index (χ0v) is 18.7. The monoisotopic (exact) mass is 440 g/mol. The standard InChI is InChI=1S/C23H25FN4O2S/c1-14(2)13-28-21(19-10-5-6-11-20(19)24)26-27-23(28)31-16(4)22(30)25-18-9-7-8-17(12-18)15(3)29/h5-12,14,16H,13H2,1-4H3,(H,25,30). The Hall–Kier alpha value is -3.00. The van der Waals surface area contributed by atoms with Crippen molar-refractivity contribution in [2.75, 3.05) is 5.32 Å². The summed E-state index contributed by atoms with van der Waals surface area (Å²) in [6.45, 7) is 7.95. The molecule has 6 nitrogen and oxygen atoms in total. The molecule has 0 spiro atoms. The molecular weight excluding hydrogens is 415 g/mol. The first-order valence-electron chi connectivity index (χ1n) is 10.0. The molecule has 0 saturated heterocycles. The number of nitrogens with one attached hydrogen (secondary N) is 1. The number of halogens is 1. The normalized spacial score (nSPS) is 12.1. The average molecular weight is 441 g/mol.